The average Bonchev–Trinajstić information content (AvgIpc) is 3.09. The molecule has 3 aromatic rings. The second kappa shape index (κ2) is 7.75. The fourth-order valence-corrected chi connectivity index (χ4v) is 4.84. The molecule has 2 heterocycles. The SMILES string of the molecule is CCOc1cccc(S(=O)(=O)c2cnc(Nc3nc(C)nc(Cl)c3F)s2)c1. The van der Waals surface area contributed by atoms with Crippen LogP contribution in [0.25, 0.3) is 0 Å². The monoisotopic (exact) mass is 428 g/mol. The summed E-state index contributed by atoms with van der Waals surface area (Å²) in [5.41, 5.74) is 0. The van der Waals surface area contributed by atoms with Crippen LogP contribution in [0.3, 0.4) is 0 Å². The first-order valence-electron chi connectivity index (χ1n) is 7.71. The quantitative estimate of drug-likeness (QED) is 0.592. The summed E-state index contributed by atoms with van der Waals surface area (Å²) in [6, 6.07) is 6.18. The van der Waals surface area contributed by atoms with E-state index in [1.807, 2.05) is 6.92 Å². The molecule has 0 aliphatic heterocycles. The number of nitrogens with one attached hydrogen (secondary N) is 1. The number of sulfone groups is 1. The van der Waals surface area contributed by atoms with E-state index < -0.39 is 15.7 Å². The van der Waals surface area contributed by atoms with Crippen LogP contribution in [0.4, 0.5) is 15.3 Å². The number of ether oxygens (including phenoxy) is 1. The van der Waals surface area contributed by atoms with E-state index in [2.05, 4.69) is 20.3 Å². The molecule has 1 aromatic carbocycles. The van der Waals surface area contributed by atoms with E-state index >= 15 is 0 Å². The molecule has 3 rings (SSSR count). The third kappa shape index (κ3) is 4.18. The predicted octanol–water partition coefficient (Wildman–Crippen LogP) is 4.01. The number of nitrogens with zero attached hydrogens (tertiary/aromatic N) is 3. The third-order valence-electron chi connectivity index (χ3n) is 3.32. The van der Waals surface area contributed by atoms with Gasteiger partial charge >= 0.3 is 0 Å². The second-order valence-corrected chi connectivity index (χ2v) is 8.81. The topological polar surface area (TPSA) is 94.1 Å². The molecule has 27 heavy (non-hydrogen) atoms. The maximum atomic E-state index is 14.0. The lowest BCUT2D eigenvalue weighted by molar-refractivity contribution is 0.339. The first kappa shape index (κ1) is 19.5. The highest BCUT2D eigenvalue weighted by molar-refractivity contribution is 7.93. The van der Waals surface area contributed by atoms with E-state index in [-0.39, 0.29) is 31.0 Å². The van der Waals surface area contributed by atoms with Crippen molar-refractivity contribution in [3.05, 3.63) is 47.3 Å². The first-order valence-corrected chi connectivity index (χ1v) is 10.4. The van der Waals surface area contributed by atoms with E-state index in [1.54, 1.807) is 19.1 Å². The molecule has 0 amide bonds. The molecule has 2 aromatic heterocycles. The summed E-state index contributed by atoms with van der Waals surface area (Å²) in [5, 5.41) is 2.46. The summed E-state index contributed by atoms with van der Waals surface area (Å²) in [4.78, 5) is 11.7. The predicted molar refractivity (Wildman–Crippen MR) is 100 cm³/mol. The fourth-order valence-electron chi connectivity index (χ4n) is 2.16. The largest absolute Gasteiger partial charge is 0.494 e. The Kier molecular flexibility index (Phi) is 5.59. The smallest absolute Gasteiger partial charge is 0.217 e. The summed E-state index contributed by atoms with van der Waals surface area (Å²) < 4.78 is 44.9. The van der Waals surface area contributed by atoms with Gasteiger partial charge in [0.25, 0.3) is 0 Å². The lowest BCUT2D eigenvalue weighted by atomic mass is 10.3. The Morgan fingerprint density at radius 1 is 1.33 bits per heavy atom. The average molecular weight is 429 g/mol. The van der Waals surface area contributed by atoms with Crippen molar-refractivity contribution < 1.29 is 17.5 Å². The van der Waals surface area contributed by atoms with Gasteiger partial charge in [0.05, 0.1) is 17.7 Å². The number of thiazole rings is 1. The number of rotatable bonds is 6. The second-order valence-electron chi connectivity index (χ2n) is 5.24. The molecular formula is C16H14ClFN4O3S2. The molecule has 0 aliphatic rings. The van der Waals surface area contributed by atoms with Gasteiger partial charge in [0.1, 0.15) is 15.8 Å². The molecular weight excluding hydrogens is 415 g/mol. The highest BCUT2D eigenvalue weighted by Gasteiger charge is 2.22. The minimum atomic E-state index is -3.79. The number of aromatic nitrogens is 3. The molecule has 0 atom stereocenters. The molecule has 1 N–H and O–H groups in total. The van der Waals surface area contributed by atoms with Crippen molar-refractivity contribution in [1.82, 2.24) is 15.0 Å². The van der Waals surface area contributed by atoms with Gasteiger partial charge in [-0.2, -0.15) is 4.39 Å². The maximum absolute atomic E-state index is 14.0. The Hall–Kier alpha value is -2.30. The van der Waals surface area contributed by atoms with E-state index in [0.717, 1.165) is 11.3 Å². The Labute approximate surface area is 164 Å². The van der Waals surface area contributed by atoms with Crippen molar-refractivity contribution in [3.8, 4) is 5.75 Å². The van der Waals surface area contributed by atoms with Crippen LogP contribution >= 0.6 is 22.9 Å². The minimum Gasteiger partial charge on any atom is -0.494 e. The van der Waals surface area contributed by atoms with Crippen LogP contribution in [0.2, 0.25) is 5.15 Å². The van der Waals surface area contributed by atoms with Crippen LogP contribution in [0.15, 0.2) is 39.6 Å². The summed E-state index contributed by atoms with van der Waals surface area (Å²) in [7, 11) is -3.79. The Balaban J connectivity index is 1.90. The maximum Gasteiger partial charge on any atom is 0.217 e. The fraction of sp³-hybridized carbons (Fsp3) is 0.188. The standard InChI is InChI=1S/C16H14ClFN4O3S2/c1-3-25-10-5-4-6-11(7-10)27(23,24)12-8-19-16(26-12)22-15-13(18)14(17)20-9(2)21-15/h4-8H,3H2,1-2H3,(H,19,20,21,22). The van der Waals surface area contributed by atoms with Crippen molar-refractivity contribution >= 4 is 43.7 Å². The lowest BCUT2D eigenvalue weighted by Crippen LogP contribution is -2.01. The van der Waals surface area contributed by atoms with Gasteiger partial charge < -0.3 is 10.1 Å². The van der Waals surface area contributed by atoms with Crippen molar-refractivity contribution in [2.45, 2.75) is 23.0 Å². The van der Waals surface area contributed by atoms with Gasteiger partial charge in [0.2, 0.25) is 15.7 Å². The zero-order valence-corrected chi connectivity index (χ0v) is 16.6. The van der Waals surface area contributed by atoms with Gasteiger partial charge in [-0.3, -0.25) is 0 Å². The van der Waals surface area contributed by atoms with Crippen molar-refractivity contribution in [1.29, 1.82) is 0 Å². The van der Waals surface area contributed by atoms with E-state index in [0.29, 0.717) is 12.4 Å². The number of halogens is 2. The van der Waals surface area contributed by atoms with Crippen LogP contribution in [0.5, 0.6) is 5.75 Å². The van der Waals surface area contributed by atoms with Crippen molar-refractivity contribution in [2.24, 2.45) is 0 Å². The molecule has 0 unspecified atom stereocenters. The summed E-state index contributed by atoms with van der Waals surface area (Å²) in [6.45, 7) is 3.78. The van der Waals surface area contributed by atoms with Gasteiger partial charge in [-0.15, -0.1) is 0 Å². The van der Waals surface area contributed by atoms with E-state index in [9.17, 15) is 12.8 Å². The molecule has 11 heteroatoms. The van der Waals surface area contributed by atoms with Gasteiger partial charge in [-0.1, -0.05) is 29.0 Å². The first-order chi connectivity index (χ1) is 12.8. The Bertz CT molecular complexity index is 1090. The van der Waals surface area contributed by atoms with E-state index in [4.69, 9.17) is 16.3 Å². The Morgan fingerprint density at radius 2 is 2.11 bits per heavy atom. The molecule has 0 radical (unpaired) electrons. The highest BCUT2D eigenvalue weighted by Crippen LogP contribution is 2.32. The Morgan fingerprint density at radius 3 is 2.85 bits per heavy atom. The number of aryl methyl sites for hydroxylation is 1. The van der Waals surface area contributed by atoms with Gasteiger partial charge in [-0.05, 0) is 32.0 Å². The molecule has 0 saturated carbocycles. The lowest BCUT2D eigenvalue weighted by Gasteiger charge is -2.06. The number of hydrogen-bond donors (Lipinski definition) is 1. The molecule has 0 saturated heterocycles. The third-order valence-corrected chi connectivity index (χ3v) is 6.70. The van der Waals surface area contributed by atoms with Gasteiger partial charge in [-0.25, -0.2) is 23.4 Å². The number of hydrogen-bond acceptors (Lipinski definition) is 8. The number of anilines is 2. The number of benzene rings is 1. The minimum absolute atomic E-state index is 0.00377. The highest BCUT2D eigenvalue weighted by atomic mass is 35.5. The van der Waals surface area contributed by atoms with Crippen molar-refractivity contribution in [3.63, 3.8) is 0 Å². The molecule has 0 bridgehead atoms. The van der Waals surface area contributed by atoms with Gasteiger partial charge in [0, 0.05) is 0 Å². The van der Waals surface area contributed by atoms with E-state index in [1.165, 1.54) is 18.3 Å². The van der Waals surface area contributed by atoms with Crippen LogP contribution in [0, 0.1) is 12.7 Å². The molecule has 7 nitrogen and oxygen atoms in total. The van der Waals surface area contributed by atoms with Crippen LogP contribution in [-0.2, 0) is 9.84 Å². The molecule has 0 aliphatic carbocycles. The zero-order valence-electron chi connectivity index (χ0n) is 14.2. The van der Waals surface area contributed by atoms with Gasteiger partial charge in [0.15, 0.2) is 16.1 Å². The van der Waals surface area contributed by atoms with Crippen LogP contribution in [-0.4, -0.2) is 30.0 Å². The molecule has 0 spiro atoms. The van der Waals surface area contributed by atoms with Crippen LogP contribution in [0.1, 0.15) is 12.7 Å². The van der Waals surface area contributed by atoms with Crippen molar-refractivity contribution in [2.75, 3.05) is 11.9 Å². The van der Waals surface area contributed by atoms with Crippen LogP contribution < -0.4 is 10.1 Å². The summed E-state index contributed by atoms with van der Waals surface area (Å²) in [6.07, 6.45) is 1.20. The summed E-state index contributed by atoms with van der Waals surface area (Å²) >= 11 is 6.54. The molecule has 0 fully saturated rings. The molecule has 142 valence electrons. The normalized spacial score (nSPS) is 11.4. The zero-order chi connectivity index (χ0) is 19.6. The summed E-state index contributed by atoms with van der Waals surface area (Å²) in [5.74, 6) is -0.300.